The van der Waals surface area contributed by atoms with Crippen molar-refractivity contribution in [2.24, 2.45) is 0 Å². The first kappa shape index (κ1) is 11.9. The first-order valence-corrected chi connectivity index (χ1v) is 6.46. The van der Waals surface area contributed by atoms with Crippen LogP contribution in [0.1, 0.15) is 0 Å². The fourth-order valence-electron chi connectivity index (χ4n) is 2.21. The molecule has 0 spiro atoms. The van der Waals surface area contributed by atoms with Gasteiger partial charge in [-0.25, -0.2) is 0 Å². The normalized spacial score (nSPS) is 10.6. The Bertz CT molecular complexity index is 792. The van der Waals surface area contributed by atoms with Crippen LogP contribution < -0.4 is 4.74 Å². The number of para-hydroxylation sites is 2. The first-order chi connectivity index (χ1) is 9.29. The maximum absolute atomic E-state index is 5.46. The summed E-state index contributed by atoms with van der Waals surface area (Å²) < 4.78 is 6.13. The molecule has 1 N–H and O–H groups in total. The zero-order valence-electron chi connectivity index (χ0n) is 10.5. The summed E-state index contributed by atoms with van der Waals surface area (Å²) in [5.41, 5.74) is 3.05. The average Bonchev–Trinajstić information content (AvgIpc) is 2.46. The van der Waals surface area contributed by atoms with Crippen molar-refractivity contribution in [1.29, 1.82) is 0 Å². The zero-order valence-corrected chi connectivity index (χ0v) is 11.3. The van der Waals surface area contributed by atoms with Crippen LogP contribution >= 0.6 is 12.2 Å². The van der Waals surface area contributed by atoms with Crippen LogP contribution in [0.3, 0.4) is 0 Å². The van der Waals surface area contributed by atoms with Gasteiger partial charge in [0, 0.05) is 16.6 Å². The molecule has 0 aliphatic carbocycles. The van der Waals surface area contributed by atoms with Crippen molar-refractivity contribution in [2.45, 2.75) is 0 Å². The van der Waals surface area contributed by atoms with Gasteiger partial charge in [0.05, 0.1) is 7.11 Å². The summed E-state index contributed by atoms with van der Waals surface area (Å²) in [7, 11) is 1.67. The van der Waals surface area contributed by atoms with Gasteiger partial charge in [-0.05, 0) is 23.6 Å². The van der Waals surface area contributed by atoms with Crippen LogP contribution in [0, 0.1) is 4.64 Å². The second-order valence-electron chi connectivity index (χ2n) is 4.30. The number of fused-ring (bicyclic) bond motifs is 1. The minimum Gasteiger partial charge on any atom is -0.496 e. The quantitative estimate of drug-likeness (QED) is 0.688. The SMILES string of the molecule is COc1ccccc1-c1cc2ccccc2[nH]c1=S. The number of benzene rings is 2. The van der Waals surface area contributed by atoms with E-state index in [1.165, 1.54) is 0 Å². The van der Waals surface area contributed by atoms with E-state index in [-0.39, 0.29) is 0 Å². The van der Waals surface area contributed by atoms with Gasteiger partial charge in [-0.15, -0.1) is 0 Å². The van der Waals surface area contributed by atoms with Crippen molar-refractivity contribution in [1.82, 2.24) is 4.98 Å². The zero-order chi connectivity index (χ0) is 13.2. The summed E-state index contributed by atoms with van der Waals surface area (Å²) in [6.45, 7) is 0. The van der Waals surface area contributed by atoms with Crippen LogP contribution in [0.2, 0.25) is 0 Å². The summed E-state index contributed by atoms with van der Waals surface area (Å²) in [5.74, 6) is 0.831. The number of hydrogen-bond acceptors (Lipinski definition) is 2. The third-order valence-corrected chi connectivity index (χ3v) is 3.47. The molecule has 2 nitrogen and oxygen atoms in total. The number of methoxy groups -OCH3 is 1. The summed E-state index contributed by atoms with van der Waals surface area (Å²) in [6.07, 6.45) is 0. The molecule has 0 unspecified atom stereocenters. The molecule has 0 aliphatic heterocycles. The standard InChI is InChI=1S/C16H13NOS/c1-18-15-9-5-3-7-12(15)13-10-11-6-2-4-8-14(11)17-16(13)19/h2-10H,1H3,(H,17,19). The van der Waals surface area contributed by atoms with Gasteiger partial charge in [-0.1, -0.05) is 48.6 Å². The third kappa shape index (κ3) is 2.13. The Morgan fingerprint density at radius 2 is 1.68 bits per heavy atom. The van der Waals surface area contributed by atoms with Crippen molar-refractivity contribution in [3.8, 4) is 16.9 Å². The van der Waals surface area contributed by atoms with Gasteiger partial charge in [0.25, 0.3) is 0 Å². The molecule has 0 amide bonds. The van der Waals surface area contributed by atoms with Gasteiger partial charge in [0.15, 0.2) is 0 Å². The second kappa shape index (κ2) is 4.86. The largest absolute Gasteiger partial charge is 0.496 e. The molecule has 19 heavy (non-hydrogen) atoms. The van der Waals surface area contributed by atoms with Gasteiger partial charge in [0.1, 0.15) is 10.4 Å². The van der Waals surface area contributed by atoms with E-state index < -0.39 is 0 Å². The Kier molecular flexibility index (Phi) is 3.05. The van der Waals surface area contributed by atoms with Crippen LogP contribution in [-0.4, -0.2) is 12.1 Å². The lowest BCUT2D eigenvalue weighted by Gasteiger charge is -2.09. The monoisotopic (exact) mass is 267 g/mol. The van der Waals surface area contributed by atoms with Crippen LogP contribution in [0.4, 0.5) is 0 Å². The predicted molar refractivity (Wildman–Crippen MR) is 81.1 cm³/mol. The maximum atomic E-state index is 5.46. The molecule has 1 heterocycles. The van der Waals surface area contributed by atoms with Gasteiger partial charge < -0.3 is 9.72 Å². The number of aromatic nitrogens is 1. The molecule has 0 radical (unpaired) electrons. The molecule has 0 bridgehead atoms. The topological polar surface area (TPSA) is 25.0 Å². The summed E-state index contributed by atoms with van der Waals surface area (Å²) >= 11 is 5.46. The van der Waals surface area contributed by atoms with E-state index in [1.807, 2.05) is 42.5 Å². The highest BCUT2D eigenvalue weighted by atomic mass is 32.1. The molecule has 3 rings (SSSR count). The average molecular weight is 267 g/mol. The number of ether oxygens (including phenoxy) is 1. The maximum Gasteiger partial charge on any atom is 0.126 e. The number of nitrogens with one attached hydrogen (secondary N) is 1. The van der Waals surface area contributed by atoms with E-state index in [0.717, 1.165) is 32.4 Å². The minimum absolute atomic E-state index is 0.725. The van der Waals surface area contributed by atoms with Crippen molar-refractivity contribution in [3.63, 3.8) is 0 Å². The molecule has 0 aliphatic rings. The Hall–Kier alpha value is -2.13. The van der Waals surface area contributed by atoms with Crippen LogP contribution in [-0.2, 0) is 0 Å². The number of hydrogen-bond donors (Lipinski definition) is 1. The Morgan fingerprint density at radius 1 is 0.947 bits per heavy atom. The van der Waals surface area contributed by atoms with Gasteiger partial charge in [0.2, 0.25) is 0 Å². The summed E-state index contributed by atoms with van der Waals surface area (Å²) in [5, 5.41) is 1.14. The highest BCUT2D eigenvalue weighted by Crippen LogP contribution is 2.31. The predicted octanol–water partition coefficient (Wildman–Crippen LogP) is 4.57. The lowest BCUT2D eigenvalue weighted by atomic mass is 10.0. The minimum atomic E-state index is 0.725. The second-order valence-corrected chi connectivity index (χ2v) is 4.71. The molecule has 94 valence electrons. The van der Waals surface area contributed by atoms with E-state index in [1.54, 1.807) is 7.11 Å². The molecular weight excluding hydrogens is 254 g/mol. The molecule has 3 aromatic rings. The highest BCUT2D eigenvalue weighted by molar-refractivity contribution is 7.71. The molecule has 0 saturated carbocycles. The number of pyridine rings is 1. The lowest BCUT2D eigenvalue weighted by molar-refractivity contribution is 0.416. The van der Waals surface area contributed by atoms with E-state index in [4.69, 9.17) is 17.0 Å². The van der Waals surface area contributed by atoms with Gasteiger partial charge >= 0.3 is 0 Å². The summed E-state index contributed by atoms with van der Waals surface area (Å²) in [6, 6.07) is 18.1. The van der Waals surface area contributed by atoms with E-state index in [2.05, 4.69) is 17.1 Å². The molecule has 0 fully saturated rings. The third-order valence-electron chi connectivity index (χ3n) is 3.15. The Labute approximate surface area is 116 Å². The van der Waals surface area contributed by atoms with Crippen molar-refractivity contribution >= 4 is 23.1 Å². The Balaban J connectivity index is 2.30. The molecule has 0 atom stereocenters. The lowest BCUT2D eigenvalue weighted by Crippen LogP contribution is -1.90. The Morgan fingerprint density at radius 3 is 2.53 bits per heavy atom. The van der Waals surface area contributed by atoms with Gasteiger partial charge in [-0.2, -0.15) is 0 Å². The molecule has 2 aromatic carbocycles. The number of H-pyrrole nitrogens is 1. The number of rotatable bonds is 2. The summed E-state index contributed by atoms with van der Waals surface area (Å²) in [4.78, 5) is 3.27. The van der Waals surface area contributed by atoms with E-state index >= 15 is 0 Å². The van der Waals surface area contributed by atoms with E-state index in [0.29, 0.717) is 0 Å². The molecule has 3 heteroatoms. The fourth-order valence-corrected chi connectivity index (χ4v) is 2.49. The van der Waals surface area contributed by atoms with Crippen molar-refractivity contribution in [3.05, 3.63) is 59.2 Å². The van der Waals surface area contributed by atoms with Crippen LogP contribution in [0.5, 0.6) is 5.75 Å². The molecular formula is C16H13NOS. The molecule has 0 saturated heterocycles. The van der Waals surface area contributed by atoms with Crippen LogP contribution in [0.25, 0.3) is 22.0 Å². The highest BCUT2D eigenvalue weighted by Gasteiger charge is 2.07. The van der Waals surface area contributed by atoms with Crippen molar-refractivity contribution in [2.75, 3.05) is 7.11 Å². The molecule has 1 aromatic heterocycles. The first-order valence-electron chi connectivity index (χ1n) is 6.05. The smallest absolute Gasteiger partial charge is 0.126 e. The van der Waals surface area contributed by atoms with Crippen LogP contribution in [0.15, 0.2) is 54.6 Å². The van der Waals surface area contributed by atoms with Crippen molar-refractivity contribution < 1.29 is 4.74 Å². The van der Waals surface area contributed by atoms with Gasteiger partial charge in [-0.3, -0.25) is 0 Å². The fraction of sp³-hybridized carbons (Fsp3) is 0.0625. The number of aromatic amines is 1. The van der Waals surface area contributed by atoms with E-state index in [9.17, 15) is 0 Å².